The van der Waals surface area contributed by atoms with Crippen molar-refractivity contribution in [1.29, 1.82) is 0 Å². The zero-order chi connectivity index (χ0) is 13.5. The summed E-state index contributed by atoms with van der Waals surface area (Å²) >= 11 is 0. The lowest BCUT2D eigenvalue weighted by Crippen LogP contribution is -2.49. The van der Waals surface area contributed by atoms with Crippen LogP contribution in [0, 0.1) is 5.41 Å². The van der Waals surface area contributed by atoms with E-state index in [4.69, 9.17) is 10.5 Å². The molecular formula is C14H32N2O. The third-order valence-corrected chi connectivity index (χ3v) is 3.59. The molecule has 0 aromatic rings. The molecule has 0 aliphatic heterocycles. The van der Waals surface area contributed by atoms with Gasteiger partial charge >= 0.3 is 0 Å². The maximum atomic E-state index is 6.29. The molecule has 3 nitrogen and oxygen atoms in total. The largest absolute Gasteiger partial charge is 0.383 e. The van der Waals surface area contributed by atoms with Crippen molar-refractivity contribution in [2.24, 2.45) is 11.1 Å². The van der Waals surface area contributed by atoms with Crippen LogP contribution in [0.1, 0.15) is 47.5 Å². The van der Waals surface area contributed by atoms with Crippen LogP contribution in [0.3, 0.4) is 0 Å². The fourth-order valence-corrected chi connectivity index (χ4v) is 1.96. The molecule has 0 aromatic carbocycles. The van der Waals surface area contributed by atoms with E-state index in [1.807, 2.05) is 0 Å². The molecule has 0 saturated heterocycles. The molecule has 2 N–H and O–H groups in total. The van der Waals surface area contributed by atoms with E-state index in [1.165, 1.54) is 12.8 Å². The Hall–Kier alpha value is -0.120. The molecule has 0 radical (unpaired) electrons. The van der Waals surface area contributed by atoms with E-state index in [0.717, 1.165) is 19.7 Å². The summed E-state index contributed by atoms with van der Waals surface area (Å²) in [5.41, 5.74) is 6.45. The van der Waals surface area contributed by atoms with Crippen LogP contribution < -0.4 is 5.73 Å². The number of rotatable bonds is 8. The SMILES string of the molecule is CCC(CC)N(CCOC)CC(N)C(C)(C)C. The Bertz CT molecular complexity index is 185. The number of hydrogen-bond acceptors (Lipinski definition) is 3. The average Bonchev–Trinajstić information content (AvgIpc) is 2.25. The molecule has 0 aliphatic carbocycles. The molecule has 0 aliphatic rings. The Morgan fingerprint density at radius 3 is 2.06 bits per heavy atom. The van der Waals surface area contributed by atoms with Crippen LogP contribution in [0.4, 0.5) is 0 Å². The van der Waals surface area contributed by atoms with Crippen LogP contribution in [0.5, 0.6) is 0 Å². The van der Waals surface area contributed by atoms with Crippen molar-refractivity contribution in [3.8, 4) is 0 Å². The van der Waals surface area contributed by atoms with Crippen molar-refractivity contribution >= 4 is 0 Å². The van der Waals surface area contributed by atoms with E-state index in [-0.39, 0.29) is 11.5 Å². The first kappa shape index (κ1) is 16.9. The van der Waals surface area contributed by atoms with E-state index < -0.39 is 0 Å². The minimum absolute atomic E-state index is 0.164. The molecule has 0 aromatic heterocycles. The van der Waals surface area contributed by atoms with Crippen LogP contribution in [-0.2, 0) is 4.74 Å². The van der Waals surface area contributed by atoms with Crippen LogP contribution in [0.15, 0.2) is 0 Å². The van der Waals surface area contributed by atoms with Gasteiger partial charge < -0.3 is 10.5 Å². The van der Waals surface area contributed by atoms with Gasteiger partial charge in [0.1, 0.15) is 0 Å². The monoisotopic (exact) mass is 244 g/mol. The number of hydrogen-bond donors (Lipinski definition) is 1. The molecule has 104 valence electrons. The first-order valence-electron chi connectivity index (χ1n) is 6.85. The molecule has 0 rings (SSSR count). The summed E-state index contributed by atoms with van der Waals surface area (Å²) in [6, 6.07) is 0.832. The minimum Gasteiger partial charge on any atom is -0.383 e. The van der Waals surface area contributed by atoms with Crippen molar-refractivity contribution in [2.75, 3.05) is 26.8 Å². The molecule has 17 heavy (non-hydrogen) atoms. The van der Waals surface area contributed by atoms with Gasteiger partial charge in [-0.05, 0) is 18.3 Å². The molecule has 1 unspecified atom stereocenters. The molecule has 0 fully saturated rings. The van der Waals surface area contributed by atoms with Crippen molar-refractivity contribution in [3.63, 3.8) is 0 Å². The summed E-state index contributed by atoms with van der Waals surface area (Å²) in [7, 11) is 1.76. The number of nitrogens with zero attached hydrogens (tertiary/aromatic N) is 1. The van der Waals surface area contributed by atoms with E-state index in [0.29, 0.717) is 6.04 Å². The topological polar surface area (TPSA) is 38.5 Å². The first-order chi connectivity index (χ1) is 7.86. The quantitative estimate of drug-likeness (QED) is 0.713. The lowest BCUT2D eigenvalue weighted by Gasteiger charge is -2.36. The Kier molecular flexibility index (Phi) is 8.01. The van der Waals surface area contributed by atoms with Crippen molar-refractivity contribution in [2.45, 2.75) is 59.5 Å². The second kappa shape index (κ2) is 8.06. The molecule has 0 heterocycles. The smallest absolute Gasteiger partial charge is 0.0589 e. The van der Waals surface area contributed by atoms with E-state index in [9.17, 15) is 0 Å². The predicted molar refractivity (Wildman–Crippen MR) is 75.2 cm³/mol. The Labute approximate surface area is 108 Å². The zero-order valence-electron chi connectivity index (χ0n) is 12.6. The highest BCUT2D eigenvalue weighted by Crippen LogP contribution is 2.20. The second-order valence-electron chi connectivity index (χ2n) is 5.93. The average molecular weight is 244 g/mol. The van der Waals surface area contributed by atoms with Gasteiger partial charge in [0.25, 0.3) is 0 Å². The van der Waals surface area contributed by atoms with Crippen LogP contribution in [0.25, 0.3) is 0 Å². The number of methoxy groups -OCH3 is 1. The summed E-state index contributed by atoms with van der Waals surface area (Å²) in [5, 5.41) is 0. The Morgan fingerprint density at radius 1 is 1.18 bits per heavy atom. The van der Waals surface area contributed by atoms with Gasteiger partial charge in [-0.2, -0.15) is 0 Å². The van der Waals surface area contributed by atoms with Gasteiger partial charge in [-0.1, -0.05) is 34.6 Å². The van der Waals surface area contributed by atoms with Gasteiger partial charge in [-0.15, -0.1) is 0 Å². The van der Waals surface area contributed by atoms with Gasteiger partial charge in [-0.25, -0.2) is 0 Å². The van der Waals surface area contributed by atoms with Crippen molar-refractivity contribution in [1.82, 2.24) is 4.90 Å². The van der Waals surface area contributed by atoms with Crippen molar-refractivity contribution in [3.05, 3.63) is 0 Å². The number of nitrogens with two attached hydrogens (primary N) is 1. The lowest BCUT2D eigenvalue weighted by molar-refractivity contribution is 0.0964. The summed E-state index contributed by atoms with van der Waals surface area (Å²) in [4.78, 5) is 2.49. The first-order valence-corrected chi connectivity index (χ1v) is 6.85. The highest BCUT2D eigenvalue weighted by molar-refractivity contribution is 4.82. The molecular weight excluding hydrogens is 212 g/mol. The van der Waals surface area contributed by atoms with Gasteiger partial charge in [0.05, 0.1) is 6.61 Å². The Morgan fingerprint density at radius 2 is 1.71 bits per heavy atom. The van der Waals surface area contributed by atoms with Crippen LogP contribution >= 0.6 is 0 Å². The van der Waals surface area contributed by atoms with Gasteiger partial charge in [0.15, 0.2) is 0 Å². The fraction of sp³-hybridized carbons (Fsp3) is 1.00. The zero-order valence-corrected chi connectivity index (χ0v) is 12.6. The third-order valence-electron chi connectivity index (χ3n) is 3.59. The molecule has 0 amide bonds. The standard InChI is InChI=1S/C14H32N2O/c1-7-12(8-2)16(9-10-17-6)11-13(15)14(3,4)5/h12-13H,7-11,15H2,1-6H3. The van der Waals surface area contributed by atoms with Gasteiger partial charge in [0, 0.05) is 32.3 Å². The highest BCUT2D eigenvalue weighted by atomic mass is 16.5. The highest BCUT2D eigenvalue weighted by Gasteiger charge is 2.25. The maximum Gasteiger partial charge on any atom is 0.0589 e. The fourth-order valence-electron chi connectivity index (χ4n) is 1.96. The third kappa shape index (κ3) is 6.39. The lowest BCUT2D eigenvalue weighted by atomic mass is 9.87. The maximum absolute atomic E-state index is 6.29. The van der Waals surface area contributed by atoms with Gasteiger partial charge in [0.2, 0.25) is 0 Å². The van der Waals surface area contributed by atoms with E-state index in [1.54, 1.807) is 7.11 Å². The summed E-state index contributed by atoms with van der Waals surface area (Å²) in [5.74, 6) is 0. The van der Waals surface area contributed by atoms with E-state index >= 15 is 0 Å². The number of ether oxygens (including phenoxy) is 1. The molecule has 1 atom stereocenters. The van der Waals surface area contributed by atoms with Crippen LogP contribution in [-0.4, -0.2) is 43.8 Å². The van der Waals surface area contributed by atoms with Crippen molar-refractivity contribution < 1.29 is 4.74 Å². The molecule has 0 saturated carbocycles. The Balaban J connectivity index is 4.46. The van der Waals surface area contributed by atoms with Gasteiger partial charge in [-0.3, -0.25) is 4.90 Å². The van der Waals surface area contributed by atoms with Crippen LogP contribution in [0.2, 0.25) is 0 Å². The normalized spacial score (nSPS) is 14.6. The molecule has 0 spiro atoms. The summed E-state index contributed by atoms with van der Waals surface area (Å²) < 4.78 is 5.20. The predicted octanol–water partition coefficient (Wildman–Crippen LogP) is 2.50. The molecule has 3 heteroatoms. The second-order valence-corrected chi connectivity index (χ2v) is 5.93. The summed E-state index contributed by atoms with van der Waals surface area (Å²) in [6.45, 7) is 13.8. The van der Waals surface area contributed by atoms with E-state index in [2.05, 4.69) is 39.5 Å². The minimum atomic E-state index is 0.164. The molecule has 0 bridgehead atoms. The summed E-state index contributed by atoms with van der Waals surface area (Å²) in [6.07, 6.45) is 2.36.